The van der Waals surface area contributed by atoms with E-state index in [1.165, 1.54) is 27.6 Å². The van der Waals surface area contributed by atoms with Crippen LogP contribution in [0.15, 0.2) is 48.7 Å². The minimum Gasteiger partial charge on any atom is -0.361 e. The van der Waals surface area contributed by atoms with Crippen molar-refractivity contribution in [1.29, 1.82) is 0 Å². The zero-order valence-corrected chi connectivity index (χ0v) is 19.9. The van der Waals surface area contributed by atoms with Gasteiger partial charge in [-0.15, -0.1) is 0 Å². The van der Waals surface area contributed by atoms with E-state index in [4.69, 9.17) is 0 Å². The molecule has 1 fully saturated rings. The molecule has 1 saturated heterocycles. The van der Waals surface area contributed by atoms with Crippen LogP contribution in [0.5, 0.6) is 0 Å². The number of fused-ring (bicyclic) bond motifs is 2. The number of H-pyrrole nitrogens is 1. The second kappa shape index (κ2) is 7.77. The van der Waals surface area contributed by atoms with Gasteiger partial charge in [0, 0.05) is 47.2 Å². The Morgan fingerprint density at radius 3 is 2.66 bits per heavy atom. The van der Waals surface area contributed by atoms with Crippen LogP contribution < -0.4 is 5.32 Å². The van der Waals surface area contributed by atoms with E-state index in [1.54, 1.807) is 0 Å². The number of hydrogen-bond donors (Lipinski definition) is 2. The second-order valence-electron chi connectivity index (χ2n) is 11.0. The molecule has 4 heteroatoms. The molecule has 2 aliphatic rings. The van der Waals surface area contributed by atoms with Gasteiger partial charge >= 0.3 is 0 Å². The van der Waals surface area contributed by atoms with Crippen molar-refractivity contribution in [2.24, 2.45) is 5.92 Å². The van der Waals surface area contributed by atoms with Gasteiger partial charge in [-0.3, -0.25) is 4.79 Å². The topological polar surface area (TPSA) is 48.1 Å². The highest BCUT2D eigenvalue weighted by atomic mass is 16.1. The van der Waals surface area contributed by atoms with Crippen LogP contribution >= 0.6 is 0 Å². The Morgan fingerprint density at radius 2 is 1.94 bits per heavy atom. The van der Waals surface area contributed by atoms with E-state index in [2.05, 4.69) is 68.3 Å². The summed E-state index contributed by atoms with van der Waals surface area (Å²) in [7, 11) is 2.26. The van der Waals surface area contributed by atoms with Crippen molar-refractivity contribution in [3.8, 4) is 0 Å². The van der Waals surface area contributed by atoms with Crippen molar-refractivity contribution >= 4 is 16.8 Å². The highest BCUT2D eigenvalue weighted by molar-refractivity contribution is 5.94. The lowest BCUT2D eigenvalue weighted by Crippen LogP contribution is -2.52. The number of nitrogens with one attached hydrogen (secondary N) is 2. The Labute approximate surface area is 191 Å². The Bertz CT molecular complexity index is 1140. The first-order valence-electron chi connectivity index (χ1n) is 11.9. The fraction of sp³-hybridized carbons (Fsp3) is 0.464. The van der Waals surface area contributed by atoms with Crippen LogP contribution in [0.2, 0.25) is 0 Å². The summed E-state index contributed by atoms with van der Waals surface area (Å²) in [6.07, 6.45) is 4.43. The molecule has 0 bridgehead atoms. The van der Waals surface area contributed by atoms with Gasteiger partial charge in [-0.25, -0.2) is 0 Å². The lowest BCUT2D eigenvalue weighted by atomic mass is 9.70. The second-order valence-corrected chi connectivity index (χ2v) is 11.0. The maximum atomic E-state index is 12.8. The number of rotatable bonds is 3. The van der Waals surface area contributed by atoms with Crippen molar-refractivity contribution < 1.29 is 4.79 Å². The SMILES string of the molecule is CC(NC(=O)c1ccccc1)[C@@H]1C[C@@H]2c3cc(C(C)(C)C)cc4[nH]cc(c34)C[C@H]2N(C)C1. The van der Waals surface area contributed by atoms with Gasteiger partial charge in [0.05, 0.1) is 0 Å². The summed E-state index contributed by atoms with van der Waals surface area (Å²) in [5, 5.41) is 4.72. The van der Waals surface area contributed by atoms with Crippen LogP contribution in [0.4, 0.5) is 0 Å². The lowest BCUT2D eigenvalue weighted by molar-refractivity contribution is 0.0802. The van der Waals surface area contributed by atoms with E-state index < -0.39 is 0 Å². The Hall–Kier alpha value is -2.59. The van der Waals surface area contributed by atoms with Gasteiger partial charge in [-0.05, 0) is 73.0 Å². The molecule has 32 heavy (non-hydrogen) atoms. The quantitative estimate of drug-likeness (QED) is 0.598. The number of nitrogens with zero attached hydrogens (tertiary/aromatic N) is 1. The maximum absolute atomic E-state index is 12.8. The van der Waals surface area contributed by atoms with Crippen LogP contribution in [0.25, 0.3) is 10.9 Å². The van der Waals surface area contributed by atoms with Crippen molar-refractivity contribution in [2.45, 2.75) is 64.0 Å². The molecule has 3 aromatic rings. The predicted octanol–water partition coefficient (Wildman–Crippen LogP) is 5.24. The van der Waals surface area contributed by atoms with E-state index >= 15 is 0 Å². The van der Waals surface area contributed by atoms with Crippen molar-refractivity contribution in [3.63, 3.8) is 0 Å². The third-order valence-corrected chi connectivity index (χ3v) is 7.80. The average molecular weight is 430 g/mol. The summed E-state index contributed by atoms with van der Waals surface area (Å²) in [5.41, 5.74) is 6.46. The molecule has 0 radical (unpaired) electrons. The standard InChI is InChI=1S/C28H35N3O/c1-17(30-27(32)18-9-7-6-8-10-18)20-11-22-23-13-21(28(2,3)4)14-24-26(23)19(15-29-24)12-25(22)31(5)16-20/h6-10,13-15,17,20,22,25,29H,11-12,16H2,1-5H3,(H,30,32)/t17?,20-,22-,25-/m1/s1. The molecule has 0 saturated carbocycles. The van der Waals surface area contributed by atoms with E-state index in [1.807, 2.05) is 30.3 Å². The van der Waals surface area contributed by atoms with Gasteiger partial charge < -0.3 is 15.2 Å². The third kappa shape index (κ3) is 3.65. The number of likely N-dealkylation sites (tertiary alicyclic amines) is 1. The Morgan fingerprint density at radius 1 is 1.19 bits per heavy atom. The first-order valence-corrected chi connectivity index (χ1v) is 11.9. The molecule has 168 valence electrons. The van der Waals surface area contributed by atoms with Crippen molar-refractivity contribution in [2.75, 3.05) is 13.6 Å². The monoisotopic (exact) mass is 429 g/mol. The van der Waals surface area contributed by atoms with Gasteiger partial charge in [-0.2, -0.15) is 0 Å². The summed E-state index contributed by atoms with van der Waals surface area (Å²) < 4.78 is 0. The molecule has 4 nitrogen and oxygen atoms in total. The molecule has 1 amide bonds. The summed E-state index contributed by atoms with van der Waals surface area (Å²) in [4.78, 5) is 18.9. The molecule has 5 rings (SSSR count). The summed E-state index contributed by atoms with van der Waals surface area (Å²) in [5.74, 6) is 0.933. The van der Waals surface area contributed by atoms with Crippen LogP contribution in [0.3, 0.4) is 0 Å². The van der Waals surface area contributed by atoms with Crippen LogP contribution in [-0.2, 0) is 11.8 Å². The van der Waals surface area contributed by atoms with Gasteiger partial charge in [-0.1, -0.05) is 45.0 Å². The highest BCUT2D eigenvalue weighted by Crippen LogP contribution is 2.46. The summed E-state index contributed by atoms with van der Waals surface area (Å²) in [6, 6.07) is 15.0. The van der Waals surface area contributed by atoms with Gasteiger partial charge in [0.2, 0.25) is 0 Å². The maximum Gasteiger partial charge on any atom is 0.251 e. The molecule has 2 heterocycles. The highest BCUT2D eigenvalue weighted by Gasteiger charge is 2.41. The lowest BCUT2D eigenvalue weighted by Gasteiger charge is -2.47. The van der Waals surface area contributed by atoms with Gasteiger partial charge in [0.15, 0.2) is 0 Å². The summed E-state index contributed by atoms with van der Waals surface area (Å²) >= 11 is 0. The fourth-order valence-corrected chi connectivity index (χ4v) is 5.85. The molecule has 1 aliphatic carbocycles. The molecule has 1 aromatic heterocycles. The number of carbonyl (C=O) groups is 1. The molecule has 4 atom stereocenters. The molecular formula is C28H35N3O. The van der Waals surface area contributed by atoms with Gasteiger partial charge in [0.1, 0.15) is 0 Å². The number of hydrogen-bond acceptors (Lipinski definition) is 2. The van der Waals surface area contributed by atoms with Crippen LogP contribution in [0, 0.1) is 5.92 Å². The molecule has 2 aromatic carbocycles. The first-order chi connectivity index (χ1) is 15.2. The minimum absolute atomic E-state index is 0.0246. The van der Waals surface area contributed by atoms with Crippen LogP contribution in [-0.4, -0.2) is 41.5 Å². The van der Waals surface area contributed by atoms with Crippen LogP contribution in [0.1, 0.15) is 67.1 Å². The average Bonchev–Trinajstić information content (AvgIpc) is 3.18. The molecule has 2 N–H and O–H groups in total. The van der Waals surface area contributed by atoms with E-state index in [0.29, 0.717) is 17.9 Å². The van der Waals surface area contributed by atoms with E-state index in [0.717, 1.165) is 24.9 Å². The molecule has 1 aliphatic heterocycles. The number of carbonyl (C=O) groups excluding carboxylic acids is 1. The van der Waals surface area contributed by atoms with Gasteiger partial charge in [0.25, 0.3) is 5.91 Å². The van der Waals surface area contributed by atoms with E-state index in [9.17, 15) is 4.79 Å². The molecule has 0 spiro atoms. The number of piperidine rings is 1. The van der Waals surface area contributed by atoms with Crippen molar-refractivity contribution in [3.05, 3.63) is 70.9 Å². The molecular weight excluding hydrogens is 394 g/mol. The minimum atomic E-state index is 0.0246. The predicted molar refractivity (Wildman–Crippen MR) is 131 cm³/mol. The number of aromatic amines is 1. The van der Waals surface area contributed by atoms with Crippen molar-refractivity contribution in [1.82, 2.24) is 15.2 Å². The fourth-order valence-electron chi connectivity index (χ4n) is 5.85. The Kier molecular flexibility index (Phi) is 5.16. The number of benzene rings is 2. The molecule has 1 unspecified atom stereocenters. The normalized spacial score (nSPS) is 24.2. The number of amides is 1. The smallest absolute Gasteiger partial charge is 0.251 e. The summed E-state index contributed by atoms with van der Waals surface area (Å²) in [6.45, 7) is 10.1. The zero-order chi connectivity index (χ0) is 22.6. The largest absolute Gasteiger partial charge is 0.361 e. The zero-order valence-electron chi connectivity index (χ0n) is 19.9. The number of likely N-dealkylation sites (N-methyl/N-ethyl adjacent to an activating group) is 1. The first kappa shape index (κ1) is 21.3. The van der Waals surface area contributed by atoms with E-state index in [-0.39, 0.29) is 17.4 Å². The number of aromatic nitrogens is 1. The Balaban J connectivity index is 1.45. The third-order valence-electron chi connectivity index (χ3n) is 7.80.